The van der Waals surface area contributed by atoms with Crippen LogP contribution in [-0.2, 0) is 27.8 Å². The van der Waals surface area contributed by atoms with Crippen molar-refractivity contribution in [1.29, 1.82) is 0 Å². The molecule has 1 aliphatic heterocycles. The molecular weight excluding hydrogens is 567 g/mol. The van der Waals surface area contributed by atoms with Gasteiger partial charge in [-0.25, -0.2) is 14.4 Å². The number of pyridine rings is 3. The smallest absolute Gasteiger partial charge is 0.230 e. The third kappa shape index (κ3) is 7.10. The number of aromatic nitrogens is 4. The summed E-state index contributed by atoms with van der Waals surface area (Å²) in [6.45, 7) is 12.0. The number of hydrogen-bond donors (Lipinski definition) is 1. The van der Waals surface area contributed by atoms with Gasteiger partial charge in [-0.05, 0) is 65.4 Å². The maximum absolute atomic E-state index is 15.2. The minimum absolute atomic E-state index is 0.0747. The molecule has 0 aliphatic carbocycles. The van der Waals surface area contributed by atoms with E-state index in [0.29, 0.717) is 23.0 Å². The van der Waals surface area contributed by atoms with E-state index in [9.17, 15) is 4.79 Å². The molecular formula is C36H39FN6O2. The predicted octanol–water partition coefficient (Wildman–Crippen LogP) is 6.34. The Morgan fingerprint density at radius 3 is 2.49 bits per heavy atom. The Morgan fingerprint density at radius 2 is 1.76 bits per heavy atom. The van der Waals surface area contributed by atoms with E-state index in [-0.39, 0.29) is 17.7 Å². The average Bonchev–Trinajstić information content (AvgIpc) is 3.46. The lowest BCUT2D eigenvalue weighted by Crippen LogP contribution is -2.43. The van der Waals surface area contributed by atoms with Crippen molar-refractivity contribution in [2.24, 2.45) is 0 Å². The molecule has 1 aromatic carbocycles. The number of amides is 1. The van der Waals surface area contributed by atoms with Crippen molar-refractivity contribution in [3.8, 4) is 22.4 Å². The van der Waals surface area contributed by atoms with Crippen molar-refractivity contribution >= 4 is 17.4 Å². The van der Waals surface area contributed by atoms with Gasteiger partial charge in [-0.1, -0.05) is 39.0 Å². The zero-order valence-electron chi connectivity index (χ0n) is 26.3. The molecule has 8 nitrogen and oxygen atoms in total. The number of carbonyl (C=O) groups is 1. The van der Waals surface area contributed by atoms with Gasteiger partial charge in [0.05, 0.1) is 31.5 Å². The van der Waals surface area contributed by atoms with Crippen LogP contribution in [0.1, 0.15) is 44.5 Å². The SMILES string of the molecule is CC(Cc1ccc(-c2ccn3c(-c4ccc(CC(=O)Nc5cc(C(C)(C)C)ccn5)c(F)c4)cnc3c2)cn1)N1CCOCC1. The molecule has 1 aliphatic rings. The van der Waals surface area contributed by atoms with Crippen LogP contribution in [-0.4, -0.2) is 62.5 Å². The summed E-state index contributed by atoms with van der Waals surface area (Å²) in [5, 5.41) is 2.80. The maximum atomic E-state index is 15.2. The molecule has 5 aromatic rings. The quantitative estimate of drug-likeness (QED) is 0.222. The van der Waals surface area contributed by atoms with Crippen molar-refractivity contribution in [1.82, 2.24) is 24.3 Å². The highest BCUT2D eigenvalue weighted by Gasteiger charge is 2.19. The summed E-state index contributed by atoms with van der Waals surface area (Å²) in [6.07, 6.45) is 8.07. The lowest BCUT2D eigenvalue weighted by molar-refractivity contribution is -0.115. The highest BCUT2D eigenvalue weighted by molar-refractivity contribution is 5.91. The van der Waals surface area contributed by atoms with Gasteiger partial charge in [0.25, 0.3) is 0 Å². The number of carbonyl (C=O) groups excluding carboxylic acids is 1. The molecule has 1 unspecified atom stereocenters. The lowest BCUT2D eigenvalue weighted by atomic mass is 9.88. The highest BCUT2D eigenvalue weighted by atomic mass is 19.1. The summed E-state index contributed by atoms with van der Waals surface area (Å²) in [7, 11) is 0. The largest absolute Gasteiger partial charge is 0.379 e. The number of nitrogens with zero attached hydrogens (tertiary/aromatic N) is 5. The Balaban J connectivity index is 1.12. The van der Waals surface area contributed by atoms with E-state index in [1.54, 1.807) is 18.5 Å². The molecule has 9 heteroatoms. The van der Waals surface area contributed by atoms with Crippen molar-refractivity contribution in [2.75, 3.05) is 31.6 Å². The van der Waals surface area contributed by atoms with Crippen molar-refractivity contribution < 1.29 is 13.9 Å². The minimum atomic E-state index is -0.445. The molecule has 1 fully saturated rings. The molecule has 232 valence electrons. The topological polar surface area (TPSA) is 84.7 Å². The molecule has 4 aromatic heterocycles. The Hall–Kier alpha value is -4.47. The third-order valence-corrected chi connectivity index (χ3v) is 8.44. The van der Waals surface area contributed by atoms with Gasteiger partial charge in [-0.15, -0.1) is 0 Å². The summed E-state index contributed by atoms with van der Waals surface area (Å²) in [5.74, 6) is -0.309. The van der Waals surface area contributed by atoms with Gasteiger partial charge in [0.15, 0.2) is 0 Å². The number of ether oxygens (including phenoxy) is 1. The number of hydrogen-bond acceptors (Lipinski definition) is 6. The van der Waals surface area contributed by atoms with Crippen LogP contribution in [0.2, 0.25) is 0 Å². The van der Waals surface area contributed by atoms with E-state index in [2.05, 4.69) is 60.0 Å². The van der Waals surface area contributed by atoms with E-state index in [4.69, 9.17) is 9.72 Å². The second kappa shape index (κ2) is 12.9. The van der Waals surface area contributed by atoms with Gasteiger partial charge in [0.2, 0.25) is 5.91 Å². The van der Waals surface area contributed by atoms with Gasteiger partial charge >= 0.3 is 0 Å². The fourth-order valence-corrected chi connectivity index (χ4v) is 5.72. The molecule has 0 saturated carbocycles. The fourth-order valence-electron chi connectivity index (χ4n) is 5.72. The Kier molecular flexibility index (Phi) is 8.74. The van der Waals surface area contributed by atoms with Gasteiger partial charge in [0, 0.05) is 61.0 Å². The van der Waals surface area contributed by atoms with Crippen molar-refractivity contribution in [3.05, 3.63) is 102 Å². The molecule has 1 amide bonds. The average molecular weight is 607 g/mol. The summed E-state index contributed by atoms with van der Waals surface area (Å²) < 4.78 is 22.6. The number of halogens is 1. The molecule has 6 rings (SSSR count). The van der Waals surface area contributed by atoms with E-state index >= 15 is 4.39 Å². The third-order valence-electron chi connectivity index (χ3n) is 8.44. The monoisotopic (exact) mass is 606 g/mol. The van der Waals surface area contributed by atoms with Gasteiger partial charge in [-0.2, -0.15) is 0 Å². The molecule has 0 radical (unpaired) electrons. The maximum Gasteiger partial charge on any atom is 0.230 e. The summed E-state index contributed by atoms with van der Waals surface area (Å²) in [4.78, 5) is 28.7. The second-order valence-corrected chi connectivity index (χ2v) is 12.7. The first kappa shape index (κ1) is 30.6. The summed E-state index contributed by atoms with van der Waals surface area (Å²) >= 11 is 0. The van der Waals surface area contributed by atoms with E-state index in [1.165, 1.54) is 6.07 Å². The highest BCUT2D eigenvalue weighted by Crippen LogP contribution is 2.27. The normalized spacial score (nSPS) is 14.9. The fraction of sp³-hybridized carbons (Fsp3) is 0.333. The zero-order chi connectivity index (χ0) is 31.6. The van der Waals surface area contributed by atoms with Crippen LogP contribution in [0.25, 0.3) is 28.0 Å². The van der Waals surface area contributed by atoms with Crippen LogP contribution >= 0.6 is 0 Å². The minimum Gasteiger partial charge on any atom is -0.379 e. The first-order valence-electron chi connectivity index (χ1n) is 15.4. The lowest BCUT2D eigenvalue weighted by Gasteiger charge is -2.32. The van der Waals surface area contributed by atoms with E-state index in [1.807, 2.05) is 47.1 Å². The van der Waals surface area contributed by atoms with Crippen LogP contribution in [0, 0.1) is 5.82 Å². The number of anilines is 1. The van der Waals surface area contributed by atoms with E-state index < -0.39 is 5.82 Å². The summed E-state index contributed by atoms with van der Waals surface area (Å²) in [6, 6.07) is 17.4. The molecule has 5 heterocycles. The van der Waals surface area contributed by atoms with Crippen LogP contribution in [0.5, 0.6) is 0 Å². The standard InChI is InChI=1S/C36H39FN6O2/c1-24(42-13-15-45-16-14-42)17-30-8-7-28(22-39-30)25-10-12-43-32(23-40-34(43)19-25)27-6-5-26(31(37)18-27)20-35(44)41-33-21-29(9-11-38-33)36(2,3)4/h5-12,18-19,21-24H,13-17,20H2,1-4H3,(H,38,41,44). The van der Waals surface area contributed by atoms with Crippen molar-refractivity contribution in [2.45, 2.75) is 52.0 Å². The van der Waals surface area contributed by atoms with Crippen LogP contribution < -0.4 is 5.32 Å². The predicted molar refractivity (Wildman–Crippen MR) is 175 cm³/mol. The number of benzene rings is 1. The molecule has 1 N–H and O–H groups in total. The van der Waals surface area contributed by atoms with Crippen LogP contribution in [0.15, 0.2) is 79.4 Å². The Labute approximate surface area is 263 Å². The molecule has 1 saturated heterocycles. The Bertz CT molecular complexity index is 1810. The van der Waals surface area contributed by atoms with Crippen LogP contribution in [0.3, 0.4) is 0 Å². The number of nitrogens with one attached hydrogen (secondary N) is 1. The van der Waals surface area contributed by atoms with Crippen LogP contribution in [0.4, 0.5) is 10.2 Å². The van der Waals surface area contributed by atoms with Gasteiger partial charge in [-0.3, -0.25) is 19.1 Å². The first-order valence-corrected chi connectivity index (χ1v) is 15.4. The number of morpholine rings is 1. The number of imidazole rings is 1. The molecule has 0 spiro atoms. The van der Waals surface area contributed by atoms with Gasteiger partial charge < -0.3 is 10.1 Å². The van der Waals surface area contributed by atoms with Crippen molar-refractivity contribution in [3.63, 3.8) is 0 Å². The molecule has 1 atom stereocenters. The second-order valence-electron chi connectivity index (χ2n) is 12.7. The van der Waals surface area contributed by atoms with E-state index in [0.717, 1.165) is 66.4 Å². The van der Waals surface area contributed by atoms with Gasteiger partial charge in [0.1, 0.15) is 17.3 Å². The summed E-state index contributed by atoms with van der Waals surface area (Å²) in [5.41, 5.74) is 6.58. The number of fused-ring (bicyclic) bond motifs is 1. The Morgan fingerprint density at radius 1 is 0.956 bits per heavy atom. The number of rotatable bonds is 8. The first-order chi connectivity index (χ1) is 21.6. The zero-order valence-corrected chi connectivity index (χ0v) is 26.3. The molecule has 45 heavy (non-hydrogen) atoms. The molecule has 0 bridgehead atoms.